The van der Waals surface area contributed by atoms with Crippen LogP contribution < -0.4 is 10.9 Å². The van der Waals surface area contributed by atoms with Crippen molar-refractivity contribution in [2.45, 2.75) is 25.9 Å². The number of hydrogen-bond acceptors (Lipinski definition) is 5. The van der Waals surface area contributed by atoms with Crippen LogP contribution >= 0.6 is 0 Å². The van der Waals surface area contributed by atoms with E-state index in [0.29, 0.717) is 17.3 Å². The zero-order chi connectivity index (χ0) is 20.1. The molecule has 0 spiro atoms. The Labute approximate surface area is 161 Å². The molecule has 0 fully saturated rings. The Bertz CT molecular complexity index is 1050. The fraction of sp³-hybridized carbons (Fsp3) is 0.238. The van der Waals surface area contributed by atoms with Crippen LogP contribution in [0.3, 0.4) is 0 Å². The highest BCUT2D eigenvalue weighted by Crippen LogP contribution is 2.15. The van der Waals surface area contributed by atoms with E-state index in [4.69, 9.17) is 4.74 Å². The summed E-state index contributed by atoms with van der Waals surface area (Å²) in [5, 5.41) is 9.56. The van der Waals surface area contributed by atoms with Crippen LogP contribution in [0.5, 0.6) is 0 Å². The Morgan fingerprint density at radius 3 is 2.39 bits per heavy atom. The minimum absolute atomic E-state index is 0.0347. The summed E-state index contributed by atoms with van der Waals surface area (Å²) in [7, 11) is 0. The van der Waals surface area contributed by atoms with Crippen molar-refractivity contribution in [3.63, 3.8) is 0 Å². The van der Waals surface area contributed by atoms with Crippen molar-refractivity contribution < 1.29 is 14.3 Å². The lowest BCUT2D eigenvalue weighted by molar-refractivity contribution is -0.129. The van der Waals surface area contributed by atoms with Crippen LogP contribution in [0.1, 0.15) is 35.8 Å². The molecular formula is C21H21N3O4. The van der Waals surface area contributed by atoms with E-state index in [2.05, 4.69) is 15.5 Å². The highest BCUT2D eigenvalue weighted by molar-refractivity contribution is 6.02. The van der Waals surface area contributed by atoms with E-state index < -0.39 is 23.5 Å². The van der Waals surface area contributed by atoms with Crippen LogP contribution in [0, 0.1) is 0 Å². The molecule has 0 unspecified atom stereocenters. The number of fused-ring (bicyclic) bond motifs is 1. The van der Waals surface area contributed by atoms with E-state index in [0.717, 1.165) is 5.56 Å². The number of ether oxygens (including phenoxy) is 1. The molecule has 3 rings (SSSR count). The predicted octanol–water partition coefficient (Wildman–Crippen LogP) is 2.39. The van der Waals surface area contributed by atoms with E-state index in [9.17, 15) is 14.4 Å². The summed E-state index contributed by atoms with van der Waals surface area (Å²) >= 11 is 0. The zero-order valence-corrected chi connectivity index (χ0v) is 15.6. The number of nitrogens with zero attached hydrogens (tertiary/aromatic N) is 1. The quantitative estimate of drug-likeness (QED) is 0.641. The Morgan fingerprint density at radius 2 is 1.68 bits per heavy atom. The van der Waals surface area contributed by atoms with Crippen molar-refractivity contribution >= 4 is 22.6 Å². The summed E-state index contributed by atoms with van der Waals surface area (Å²) in [5.74, 6) is -1.05. The SMILES string of the molecule is C[C@@H](OC(=O)c1n[nH]c(=O)c2ccccc12)C(=O)NC[C@H](C)c1ccccc1. The molecule has 0 saturated heterocycles. The maximum absolute atomic E-state index is 12.5. The molecule has 1 heterocycles. The Kier molecular flexibility index (Phi) is 5.84. The summed E-state index contributed by atoms with van der Waals surface area (Å²) < 4.78 is 5.25. The third kappa shape index (κ3) is 4.25. The molecule has 0 bridgehead atoms. The molecule has 28 heavy (non-hydrogen) atoms. The molecule has 0 aliphatic rings. The van der Waals surface area contributed by atoms with E-state index in [1.165, 1.54) is 6.92 Å². The number of rotatable bonds is 6. The van der Waals surface area contributed by atoms with Crippen molar-refractivity contribution in [2.75, 3.05) is 6.54 Å². The first-order chi connectivity index (χ1) is 13.5. The third-order valence-corrected chi connectivity index (χ3v) is 4.49. The van der Waals surface area contributed by atoms with E-state index in [1.807, 2.05) is 37.3 Å². The normalized spacial score (nSPS) is 12.9. The summed E-state index contributed by atoms with van der Waals surface area (Å²) in [4.78, 5) is 36.6. The van der Waals surface area contributed by atoms with E-state index in [-0.39, 0.29) is 11.6 Å². The summed E-state index contributed by atoms with van der Waals surface area (Å²) in [6.45, 7) is 3.92. The molecule has 7 nitrogen and oxygen atoms in total. The number of H-pyrrole nitrogens is 1. The predicted molar refractivity (Wildman–Crippen MR) is 105 cm³/mol. The van der Waals surface area contributed by atoms with Crippen molar-refractivity contribution in [1.82, 2.24) is 15.5 Å². The monoisotopic (exact) mass is 379 g/mol. The molecular weight excluding hydrogens is 358 g/mol. The maximum atomic E-state index is 12.5. The second-order valence-corrected chi connectivity index (χ2v) is 6.55. The van der Waals surface area contributed by atoms with E-state index in [1.54, 1.807) is 24.3 Å². The van der Waals surface area contributed by atoms with Gasteiger partial charge in [0.25, 0.3) is 11.5 Å². The first kappa shape index (κ1) is 19.3. The standard InChI is InChI=1S/C21H21N3O4/c1-13(15-8-4-3-5-9-15)12-22-19(25)14(2)28-21(27)18-16-10-6-7-11-17(16)20(26)24-23-18/h3-11,13-14H,12H2,1-2H3,(H,22,25)(H,24,26)/t13-,14+/m0/s1. The second kappa shape index (κ2) is 8.47. The van der Waals surface area contributed by atoms with Crippen LogP contribution in [0.4, 0.5) is 0 Å². The first-order valence-electron chi connectivity index (χ1n) is 8.98. The lowest BCUT2D eigenvalue weighted by Gasteiger charge is -2.16. The number of amides is 1. The van der Waals surface area contributed by atoms with Crippen LogP contribution in [-0.2, 0) is 9.53 Å². The third-order valence-electron chi connectivity index (χ3n) is 4.49. The fourth-order valence-corrected chi connectivity index (χ4v) is 2.84. The Balaban J connectivity index is 1.63. The van der Waals surface area contributed by atoms with E-state index >= 15 is 0 Å². The molecule has 1 aromatic heterocycles. The minimum atomic E-state index is -0.997. The molecule has 2 N–H and O–H groups in total. The molecule has 0 radical (unpaired) electrons. The summed E-state index contributed by atoms with van der Waals surface area (Å²) in [6.07, 6.45) is -0.997. The topological polar surface area (TPSA) is 101 Å². The number of hydrogen-bond donors (Lipinski definition) is 2. The molecule has 7 heteroatoms. The van der Waals surface area contributed by atoms with Crippen LogP contribution in [0.15, 0.2) is 59.4 Å². The Hall–Kier alpha value is -3.48. The van der Waals surface area contributed by atoms with Gasteiger partial charge in [0.2, 0.25) is 0 Å². The number of nitrogens with one attached hydrogen (secondary N) is 2. The van der Waals surface area contributed by atoms with Gasteiger partial charge in [-0.2, -0.15) is 5.10 Å². The van der Waals surface area contributed by atoms with Gasteiger partial charge in [0.15, 0.2) is 11.8 Å². The van der Waals surface area contributed by atoms with Gasteiger partial charge in [0.05, 0.1) is 5.39 Å². The van der Waals surface area contributed by atoms with Crippen LogP contribution in [0.25, 0.3) is 10.8 Å². The van der Waals surface area contributed by atoms with Gasteiger partial charge in [-0.25, -0.2) is 9.89 Å². The largest absolute Gasteiger partial charge is 0.448 e. The molecule has 0 saturated carbocycles. The van der Waals surface area contributed by atoms with Crippen molar-refractivity contribution in [3.05, 3.63) is 76.2 Å². The van der Waals surface area contributed by atoms with Crippen LogP contribution in [0.2, 0.25) is 0 Å². The molecule has 2 aromatic carbocycles. The van der Waals surface area contributed by atoms with Crippen LogP contribution in [-0.4, -0.2) is 34.7 Å². The van der Waals surface area contributed by atoms with Gasteiger partial charge in [-0.15, -0.1) is 0 Å². The van der Waals surface area contributed by atoms with Gasteiger partial charge < -0.3 is 10.1 Å². The number of esters is 1. The number of benzene rings is 2. The van der Waals surface area contributed by atoms with Gasteiger partial charge in [0.1, 0.15) is 0 Å². The van der Waals surface area contributed by atoms with Gasteiger partial charge in [-0.3, -0.25) is 9.59 Å². The maximum Gasteiger partial charge on any atom is 0.360 e. The van der Waals surface area contributed by atoms with Crippen molar-refractivity contribution in [2.24, 2.45) is 0 Å². The molecule has 0 aliphatic heterocycles. The van der Waals surface area contributed by atoms with Crippen molar-refractivity contribution in [3.8, 4) is 0 Å². The fourth-order valence-electron chi connectivity index (χ4n) is 2.84. The lowest BCUT2D eigenvalue weighted by Crippen LogP contribution is -2.37. The first-order valence-corrected chi connectivity index (χ1v) is 8.98. The minimum Gasteiger partial charge on any atom is -0.448 e. The number of carbonyl (C=O) groups excluding carboxylic acids is 2. The average Bonchev–Trinajstić information content (AvgIpc) is 2.72. The molecule has 3 aromatic rings. The number of carbonyl (C=O) groups is 2. The van der Waals surface area contributed by atoms with Gasteiger partial charge in [-0.1, -0.05) is 55.5 Å². The lowest BCUT2D eigenvalue weighted by atomic mass is 10.0. The molecule has 144 valence electrons. The van der Waals surface area contributed by atoms with Crippen molar-refractivity contribution in [1.29, 1.82) is 0 Å². The highest BCUT2D eigenvalue weighted by atomic mass is 16.5. The number of aromatic nitrogens is 2. The zero-order valence-electron chi connectivity index (χ0n) is 15.6. The molecule has 0 aliphatic carbocycles. The second-order valence-electron chi connectivity index (χ2n) is 6.55. The summed E-state index contributed by atoms with van der Waals surface area (Å²) in [5.41, 5.74) is 0.678. The molecule has 2 atom stereocenters. The summed E-state index contributed by atoms with van der Waals surface area (Å²) in [6, 6.07) is 16.4. The van der Waals surface area contributed by atoms with Gasteiger partial charge in [0, 0.05) is 11.9 Å². The number of aromatic amines is 1. The van der Waals surface area contributed by atoms with Gasteiger partial charge >= 0.3 is 5.97 Å². The average molecular weight is 379 g/mol. The van der Waals surface area contributed by atoms with Gasteiger partial charge in [-0.05, 0) is 24.5 Å². The Morgan fingerprint density at radius 1 is 1.04 bits per heavy atom. The molecule has 1 amide bonds. The highest BCUT2D eigenvalue weighted by Gasteiger charge is 2.22. The smallest absolute Gasteiger partial charge is 0.360 e.